The van der Waals surface area contributed by atoms with E-state index in [1.165, 1.54) is 7.11 Å². The van der Waals surface area contributed by atoms with E-state index >= 15 is 0 Å². The van der Waals surface area contributed by atoms with Crippen molar-refractivity contribution in [3.63, 3.8) is 0 Å². The second-order valence-electron chi connectivity index (χ2n) is 8.07. The Balaban J connectivity index is 2.69. The van der Waals surface area contributed by atoms with Gasteiger partial charge in [-0.25, -0.2) is 0 Å². The first kappa shape index (κ1) is 24.5. The number of methoxy groups -OCH3 is 1. The van der Waals surface area contributed by atoms with Gasteiger partial charge in [0.25, 0.3) is 0 Å². The highest BCUT2D eigenvalue weighted by Crippen LogP contribution is 2.33. The zero-order valence-corrected chi connectivity index (χ0v) is 18.5. The highest BCUT2D eigenvalue weighted by molar-refractivity contribution is 7.99. The minimum absolute atomic E-state index is 0.0392. The molecule has 1 aromatic rings. The van der Waals surface area contributed by atoms with Gasteiger partial charge in [-0.15, -0.1) is 11.8 Å². The number of phenolic OH excluding ortho intramolecular Hbond substituents is 1. The molecule has 0 aromatic heterocycles. The summed E-state index contributed by atoms with van der Waals surface area (Å²) < 4.78 is 4.46. The van der Waals surface area contributed by atoms with E-state index in [1.807, 2.05) is 12.1 Å². The summed E-state index contributed by atoms with van der Waals surface area (Å²) in [6.45, 7) is 8.51. The van der Waals surface area contributed by atoms with Gasteiger partial charge in [0, 0.05) is 17.1 Å². The Kier molecular flexibility index (Phi) is 10.6. The SMILES string of the molecule is COC(=O)CC(=O)CC(O)CCSc1cc(CC(C)C)c(O)c(CC(C)C)c1. The molecule has 0 saturated carbocycles. The molecule has 28 heavy (non-hydrogen) atoms. The average Bonchev–Trinajstić information content (AvgIpc) is 2.57. The molecule has 0 bridgehead atoms. The number of ketones is 1. The van der Waals surface area contributed by atoms with Crippen molar-refractivity contribution in [3.05, 3.63) is 23.3 Å². The van der Waals surface area contributed by atoms with Gasteiger partial charge in [0.1, 0.15) is 18.0 Å². The largest absolute Gasteiger partial charge is 0.507 e. The number of aliphatic hydroxyl groups excluding tert-OH is 1. The number of Topliss-reactive ketones (excluding diaryl/α,β-unsaturated/α-hetero) is 1. The van der Waals surface area contributed by atoms with Crippen LogP contribution in [0.25, 0.3) is 0 Å². The van der Waals surface area contributed by atoms with E-state index < -0.39 is 12.1 Å². The number of benzene rings is 1. The summed E-state index contributed by atoms with van der Waals surface area (Å²) in [4.78, 5) is 23.9. The Bertz CT molecular complexity index is 623. The number of aliphatic hydroxyl groups is 1. The maximum atomic E-state index is 11.7. The summed E-state index contributed by atoms with van der Waals surface area (Å²) in [7, 11) is 1.24. The second kappa shape index (κ2) is 12.1. The van der Waals surface area contributed by atoms with Crippen LogP contribution in [-0.4, -0.2) is 40.9 Å². The number of phenols is 1. The lowest BCUT2D eigenvalue weighted by molar-refractivity contribution is -0.143. The monoisotopic (exact) mass is 410 g/mol. The summed E-state index contributed by atoms with van der Waals surface area (Å²) in [6.07, 6.45) is 0.980. The maximum absolute atomic E-state index is 11.7. The zero-order valence-electron chi connectivity index (χ0n) is 17.7. The van der Waals surface area contributed by atoms with E-state index in [0.29, 0.717) is 29.8 Å². The summed E-state index contributed by atoms with van der Waals surface area (Å²) >= 11 is 1.61. The van der Waals surface area contributed by atoms with Gasteiger partial charge >= 0.3 is 5.97 Å². The standard InChI is InChI=1S/C22H34O5S/c1-14(2)8-16-10-20(11-17(22(16)26)9-15(3)4)28-7-6-18(23)12-19(24)13-21(25)27-5/h10-11,14-15,18,23,26H,6-9,12-13H2,1-5H3. The molecule has 0 aliphatic rings. The van der Waals surface area contributed by atoms with Crippen LogP contribution in [0.3, 0.4) is 0 Å². The average molecular weight is 411 g/mol. The number of hydrogen-bond donors (Lipinski definition) is 2. The van der Waals surface area contributed by atoms with Gasteiger partial charge in [0.05, 0.1) is 13.2 Å². The second-order valence-corrected chi connectivity index (χ2v) is 9.24. The first-order valence-electron chi connectivity index (χ1n) is 9.86. The highest BCUT2D eigenvalue weighted by Gasteiger charge is 2.16. The molecule has 0 heterocycles. The van der Waals surface area contributed by atoms with Crippen molar-refractivity contribution in [1.29, 1.82) is 0 Å². The van der Waals surface area contributed by atoms with Crippen molar-refractivity contribution in [2.75, 3.05) is 12.9 Å². The lowest BCUT2D eigenvalue weighted by Crippen LogP contribution is -2.17. The summed E-state index contributed by atoms with van der Waals surface area (Å²) in [5.41, 5.74) is 1.92. The number of carbonyl (C=O) groups excluding carboxylic acids is 2. The number of carbonyl (C=O) groups is 2. The molecule has 0 fully saturated rings. The van der Waals surface area contributed by atoms with E-state index in [-0.39, 0.29) is 18.6 Å². The number of ether oxygens (including phenoxy) is 1. The molecular weight excluding hydrogens is 376 g/mol. The van der Waals surface area contributed by atoms with Crippen LogP contribution in [-0.2, 0) is 27.2 Å². The summed E-state index contributed by atoms with van der Waals surface area (Å²) in [5, 5.41) is 20.6. The fourth-order valence-corrected chi connectivity index (χ4v) is 4.06. The van der Waals surface area contributed by atoms with Crippen molar-refractivity contribution in [2.45, 2.75) is 70.8 Å². The minimum atomic E-state index is -0.771. The molecular formula is C22H34O5S. The fraction of sp³-hybridized carbons (Fsp3) is 0.636. The molecule has 0 aliphatic heterocycles. The van der Waals surface area contributed by atoms with Crippen LogP contribution in [0.15, 0.2) is 17.0 Å². The molecule has 5 nitrogen and oxygen atoms in total. The Hall–Kier alpha value is -1.53. The van der Waals surface area contributed by atoms with Gasteiger partial charge < -0.3 is 14.9 Å². The first-order valence-corrected chi connectivity index (χ1v) is 10.8. The van der Waals surface area contributed by atoms with E-state index in [0.717, 1.165) is 28.9 Å². The lowest BCUT2D eigenvalue weighted by atomic mass is 9.95. The van der Waals surface area contributed by atoms with E-state index in [1.54, 1.807) is 11.8 Å². The van der Waals surface area contributed by atoms with Crippen LogP contribution in [0, 0.1) is 11.8 Å². The van der Waals surface area contributed by atoms with E-state index in [4.69, 9.17) is 0 Å². The predicted octanol–water partition coefficient (Wildman–Crippen LogP) is 4.15. The van der Waals surface area contributed by atoms with Crippen LogP contribution < -0.4 is 0 Å². The van der Waals surface area contributed by atoms with Gasteiger partial charge in [0.2, 0.25) is 0 Å². The number of thioether (sulfide) groups is 1. The molecule has 0 radical (unpaired) electrons. The third kappa shape index (κ3) is 9.11. The zero-order chi connectivity index (χ0) is 21.3. The van der Waals surface area contributed by atoms with Crippen molar-refractivity contribution >= 4 is 23.5 Å². The topological polar surface area (TPSA) is 83.8 Å². The molecule has 0 saturated heterocycles. The van der Waals surface area contributed by atoms with Crippen LogP contribution >= 0.6 is 11.8 Å². The fourth-order valence-electron chi connectivity index (χ4n) is 2.99. The number of rotatable bonds is 12. The van der Waals surface area contributed by atoms with Crippen molar-refractivity contribution < 1.29 is 24.5 Å². The van der Waals surface area contributed by atoms with Gasteiger partial charge in [-0.3, -0.25) is 9.59 Å². The minimum Gasteiger partial charge on any atom is -0.507 e. The molecule has 6 heteroatoms. The number of esters is 1. The molecule has 1 atom stereocenters. The van der Waals surface area contributed by atoms with E-state index in [9.17, 15) is 19.8 Å². The first-order chi connectivity index (χ1) is 13.1. The molecule has 158 valence electrons. The van der Waals surface area contributed by atoms with Crippen molar-refractivity contribution in [1.82, 2.24) is 0 Å². The van der Waals surface area contributed by atoms with Crippen molar-refractivity contribution in [3.8, 4) is 5.75 Å². The van der Waals surface area contributed by atoms with Crippen molar-refractivity contribution in [2.24, 2.45) is 11.8 Å². The Morgan fingerprint density at radius 1 is 1.07 bits per heavy atom. The molecule has 0 aliphatic carbocycles. The normalized spacial score (nSPS) is 12.4. The van der Waals surface area contributed by atoms with Crippen LogP contribution in [0.4, 0.5) is 0 Å². The van der Waals surface area contributed by atoms with Gasteiger partial charge in [-0.1, -0.05) is 27.7 Å². The van der Waals surface area contributed by atoms with Gasteiger partial charge in [-0.2, -0.15) is 0 Å². The Labute approximate surface area is 172 Å². The smallest absolute Gasteiger partial charge is 0.313 e. The molecule has 2 N–H and O–H groups in total. The predicted molar refractivity (Wildman–Crippen MR) is 113 cm³/mol. The third-order valence-electron chi connectivity index (χ3n) is 4.25. The number of hydrogen-bond acceptors (Lipinski definition) is 6. The quantitative estimate of drug-likeness (QED) is 0.306. The molecule has 1 rings (SSSR count). The highest BCUT2D eigenvalue weighted by atomic mass is 32.2. The van der Waals surface area contributed by atoms with Gasteiger partial charge in [-0.05, 0) is 54.4 Å². The summed E-state index contributed by atoms with van der Waals surface area (Å²) in [5.74, 6) is 1.06. The molecule has 1 unspecified atom stereocenters. The van der Waals surface area contributed by atoms with E-state index in [2.05, 4.69) is 32.4 Å². The lowest BCUT2D eigenvalue weighted by Gasteiger charge is -2.16. The Morgan fingerprint density at radius 3 is 2.07 bits per heavy atom. The molecule has 1 aromatic carbocycles. The maximum Gasteiger partial charge on any atom is 0.313 e. The Morgan fingerprint density at radius 2 is 1.61 bits per heavy atom. The molecule has 0 amide bonds. The molecule has 0 spiro atoms. The summed E-state index contributed by atoms with van der Waals surface area (Å²) in [6, 6.07) is 4.05. The third-order valence-corrected chi connectivity index (χ3v) is 5.26. The van der Waals surface area contributed by atoms with Crippen LogP contribution in [0.2, 0.25) is 0 Å². The van der Waals surface area contributed by atoms with Crippen LogP contribution in [0.1, 0.15) is 58.1 Å². The van der Waals surface area contributed by atoms with Crippen LogP contribution in [0.5, 0.6) is 5.75 Å². The number of aromatic hydroxyl groups is 1. The van der Waals surface area contributed by atoms with Gasteiger partial charge in [0.15, 0.2) is 0 Å².